The van der Waals surface area contributed by atoms with E-state index in [0.717, 1.165) is 0 Å². The van der Waals surface area contributed by atoms with E-state index in [1.807, 2.05) is 13.8 Å². The van der Waals surface area contributed by atoms with Crippen LogP contribution in [0.3, 0.4) is 0 Å². The lowest BCUT2D eigenvalue weighted by atomic mass is 9.97. The Bertz CT molecular complexity index is 481. The molecule has 0 spiro atoms. The number of carbonyl (C=O) groups is 3. The number of hydrogen-bond acceptors (Lipinski definition) is 4. The number of carbonyl (C=O) groups excluding carboxylic acids is 2. The predicted molar refractivity (Wildman–Crippen MR) is 93.1 cm³/mol. The fourth-order valence-electron chi connectivity index (χ4n) is 2.51. The highest BCUT2D eigenvalue weighted by Crippen LogP contribution is 2.17. The lowest BCUT2D eigenvalue weighted by molar-refractivity contribution is -0.144. The maximum absolute atomic E-state index is 12.4. The molecular weight excluding hydrogens is 326 g/mol. The predicted octanol–water partition coefficient (Wildman–Crippen LogP) is 0.836. The van der Waals surface area contributed by atoms with Gasteiger partial charge >= 0.3 is 12.0 Å². The SMILES string of the molecule is C=CCOCC(NC(=O)C1CCCN(C(=O)NCC(C)C)C1)C(=O)O. The minimum atomic E-state index is -1.15. The monoisotopic (exact) mass is 355 g/mol. The Morgan fingerprint density at radius 1 is 1.40 bits per heavy atom. The molecule has 3 N–H and O–H groups in total. The van der Waals surface area contributed by atoms with Crippen LogP contribution in [-0.2, 0) is 14.3 Å². The van der Waals surface area contributed by atoms with Gasteiger partial charge in [0.1, 0.15) is 0 Å². The minimum Gasteiger partial charge on any atom is -0.480 e. The fourth-order valence-corrected chi connectivity index (χ4v) is 2.51. The van der Waals surface area contributed by atoms with Crippen LogP contribution in [0.25, 0.3) is 0 Å². The maximum atomic E-state index is 12.4. The maximum Gasteiger partial charge on any atom is 0.328 e. The van der Waals surface area contributed by atoms with E-state index in [4.69, 9.17) is 4.74 Å². The Hall–Kier alpha value is -2.09. The van der Waals surface area contributed by atoms with E-state index in [2.05, 4.69) is 17.2 Å². The molecule has 1 saturated heterocycles. The molecule has 2 atom stereocenters. The van der Waals surface area contributed by atoms with Gasteiger partial charge in [0, 0.05) is 19.6 Å². The van der Waals surface area contributed by atoms with Crippen molar-refractivity contribution in [3.8, 4) is 0 Å². The molecular formula is C17H29N3O5. The molecule has 0 saturated carbocycles. The number of nitrogens with zero attached hydrogens (tertiary/aromatic N) is 1. The van der Waals surface area contributed by atoms with Gasteiger partial charge in [0.05, 0.1) is 19.1 Å². The first-order valence-corrected chi connectivity index (χ1v) is 8.59. The minimum absolute atomic E-state index is 0.127. The Kier molecular flexibility index (Phi) is 8.98. The van der Waals surface area contributed by atoms with Crippen molar-refractivity contribution in [2.75, 3.05) is 32.8 Å². The molecule has 0 radical (unpaired) electrons. The first-order chi connectivity index (χ1) is 11.8. The van der Waals surface area contributed by atoms with Crippen molar-refractivity contribution >= 4 is 17.9 Å². The Labute approximate surface area is 148 Å². The third-order valence-corrected chi connectivity index (χ3v) is 3.88. The summed E-state index contributed by atoms with van der Waals surface area (Å²) in [5, 5.41) is 14.5. The number of hydrogen-bond donors (Lipinski definition) is 3. The van der Waals surface area contributed by atoms with Crippen molar-refractivity contribution in [2.24, 2.45) is 11.8 Å². The van der Waals surface area contributed by atoms with E-state index in [0.29, 0.717) is 31.8 Å². The number of rotatable bonds is 9. The van der Waals surface area contributed by atoms with Crippen molar-refractivity contribution in [3.63, 3.8) is 0 Å². The number of carboxylic acids is 1. The summed E-state index contributed by atoms with van der Waals surface area (Å²) < 4.78 is 5.12. The number of likely N-dealkylation sites (tertiary alicyclic amines) is 1. The molecule has 0 bridgehead atoms. The van der Waals surface area contributed by atoms with Crippen LogP contribution in [-0.4, -0.2) is 66.8 Å². The second-order valence-electron chi connectivity index (χ2n) is 6.59. The average molecular weight is 355 g/mol. The number of urea groups is 1. The highest BCUT2D eigenvalue weighted by atomic mass is 16.5. The lowest BCUT2D eigenvalue weighted by Crippen LogP contribution is -2.52. The molecule has 0 aromatic rings. The average Bonchev–Trinajstić information content (AvgIpc) is 2.58. The van der Waals surface area contributed by atoms with Crippen LogP contribution in [0.15, 0.2) is 12.7 Å². The van der Waals surface area contributed by atoms with Gasteiger partial charge in [-0.1, -0.05) is 19.9 Å². The summed E-state index contributed by atoms with van der Waals surface area (Å²) in [6.45, 7) is 9.05. The quantitative estimate of drug-likeness (QED) is 0.419. The highest BCUT2D eigenvalue weighted by molar-refractivity contribution is 5.85. The molecule has 1 aliphatic rings. The summed E-state index contributed by atoms with van der Waals surface area (Å²) in [5.41, 5.74) is 0. The molecule has 8 heteroatoms. The van der Waals surface area contributed by atoms with Crippen molar-refractivity contribution < 1.29 is 24.2 Å². The number of ether oxygens (including phenoxy) is 1. The van der Waals surface area contributed by atoms with Gasteiger partial charge in [-0.2, -0.15) is 0 Å². The van der Waals surface area contributed by atoms with Crippen LogP contribution in [0, 0.1) is 11.8 Å². The number of nitrogens with one attached hydrogen (secondary N) is 2. The van der Waals surface area contributed by atoms with Crippen LogP contribution in [0.5, 0.6) is 0 Å². The van der Waals surface area contributed by atoms with Crippen molar-refractivity contribution in [2.45, 2.75) is 32.7 Å². The molecule has 2 unspecified atom stereocenters. The van der Waals surface area contributed by atoms with Gasteiger partial charge < -0.3 is 25.4 Å². The number of aliphatic carboxylic acids is 1. The van der Waals surface area contributed by atoms with E-state index >= 15 is 0 Å². The van der Waals surface area contributed by atoms with Crippen LogP contribution in [0.1, 0.15) is 26.7 Å². The van der Waals surface area contributed by atoms with E-state index in [1.54, 1.807) is 4.90 Å². The van der Waals surface area contributed by atoms with Gasteiger partial charge in [-0.05, 0) is 18.8 Å². The zero-order valence-electron chi connectivity index (χ0n) is 15.0. The number of carboxylic acid groups (broad SMARTS) is 1. The zero-order chi connectivity index (χ0) is 18.8. The van der Waals surface area contributed by atoms with Crippen molar-refractivity contribution in [1.82, 2.24) is 15.5 Å². The lowest BCUT2D eigenvalue weighted by Gasteiger charge is -2.32. The Morgan fingerprint density at radius 3 is 2.72 bits per heavy atom. The third kappa shape index (κ3) is 7.55. The summed E-state index contributed by atoms with van der Waals surface area (Å²) >= 11 is 0. The summed E-state index contributed by atoms with van der Waals surface area (Å²) in [6, 6.07) is -1.30. The largest absolute Gasteiger partial charge is 0.480 e. The topological polar surface area (TPSA) is 108 Å². The Balaban J connectivity index is 2.54. The molecule has 0 aromatic heterocycles. The van der Waals surface area contributed by atoms with E-state index in [-0.39, 0.29) is 31.7 Å². The summed E-state index contributed by atoms with van der Waals surface area (Å²) in [5.74, 6) is -1.59. The second kappa shape index (κ2) is 10.7. The van der Waals surface area contributed by atoms with Crippen LogP contribution >= 0.6 is 0 Å². The summed E-state index contributed by atoms with van der Waals surface area (Å²) in [6.07, 6.45) is 2.84. The summed E-state index contributed by atoms with van der Waals surface area (Å²) in [4.78, 5) is 37.4. The molecule has 1 rings (SSSR count). The van der Waals surface area contributed by atoms with Gasteiger partial charge in [-0.25, -0.2) is 9.59 Å². The summed E-state index contributed by atoms with van der Waals surface area (Å²) in [7, 11) is 0. The van der Waals surface area contributed by atoms with Gasteiger partial charge in [-0.3, -0.25) is 4.79 Å². The molecule has 142 valence electrons. The fraction of sp³-hybridized carbons (Fsp3) is 0.706. The second-order valence-corrected chi connectivity index (χ2v) is 6.59. The molecule has 8 nitrogen and oxygen atoms in total. The van der Waals surface area contributed by atoms with Gasteiger partial charge in [-0.15, -0.1) is 6.58 Å². The van der Waals surface area contributed by atoms with Gasteiger partial charge in [0.15, 0.2) is 6.04 Å². The molecule has 1 fully saturated rings. The smallest absolute Gasteiger partial charge is 0.328 e. The molecule has 0 aromatic carbocycles. The molecule has 1 heterocycles. The van der Waals surface area contributed by atoms with Crippen molar-refractivity contribution in [3.05, 3.63) is 12.7 Å². The molecule has 3 amide bonds. The van der Waals surface area contributed by atoms with Crippen LogP contribution < -0.4 is 10.6 Å². The van der Waals surface area contributed by atoms with E-state index in [9.17, 15) is 19.5 Å². The molecule has 1 aliphatic heterocycles. The highest BCUT2D eigenvalue weighted by Gasteiger charge is 2.31. The van der Waals surface area contributed by atoms with Gasteiger partial charge in [0.25, 0.3) is 0 Å². The normalized spacial score (nSPS) is 18.5. The van der Waals surface area contributed by atoms with Crippen molar-refractivity contribution in [1.29, 1.82) is 0 Å². The molecule has 0 aliphatic carbocycles. The zero-order valence-corrected chi connectivity index (χ0v) is 15.0. The van der Waals surface area contributed by atoms with Crippen LogP contribution in [0.4, 0.5) is 4.79 Å². The molecule has 25 heavy (non-hydrogen) atoms. The van der Waals surface area contributed by atoms with Crippen LogP contribution in [0.2, 0.25) is 0 Å². The van der Waals surface area contributed by atoms with Gasteiger partial charge in [0.2, 0.25) is 5.91 Å². The standard InChI is InChI=1S/C17H29N3O5/c1-4-8-25-11-14(16(22)23)19-15(21)13-6-5-7-20(10-13)17(24)18-9-12(2)3/h4,12-14H,1,5-11H2,2-3H3,(H,18,24)(H,19,21)(H,22,23). The first kappa shape index (κ1) is 21.0. The van der Waals surface area contributed by atoms with E-state index in [1.165, 1.54) is 6.08 Å². The van der Waals surface area contributed by atoms with E-state index < -0.39 is 17.9 Å². The third-order valence-electron chi connectivity index (χ3n) is 3.88. The number of amides is 3. The Morgan fingerprint density at radius 2 is 2.12 bits per heavy atom. The first-order valence-electron chi connectivity index (χ1n) is 8.59. The number of piperidine rings is 1.